The van der Waals surface area contributed by atoms with Crippen LogP contribution in [0.5, 0.6) is 5.75 Å². The zero-order chi connectivity index (χ0) is 26.0. The van der Waals surface area contributed by atoms with Crippen molar-refractivity contribution in [3.05, 3.63) is 93.4 Å². The first kappa shape index (κ1) is 29.0. The molecule has 0 amide bonds. The summed E-state index contributed by atoms with van der Waals surface area (Å²) in [5.41, 5.74) is 3.37. The third-order valence-corrected chi connectivity index (χ3v) is 6.83. The number of allylic oxidation sites excluding steroid dienone is 4. The summed E-state index contributed by atoms with van der Waals surface area (Å²) in [7, 11) is 3.91. The lowest BCUT2D eigenvalue weighted by atomic mass is 10.0. The second kappa shape index (κ2) is 14.4. The predicted octanol–water partition coefficient (Wildman–Crippen LogP) is 8.59. The fourth-order valence-electron chi connectivity index (χ4n) is 3.15. The van der Waals surface area contributed by atoms with E-state index in [0.29, 0.717) is 34.4 Å². The maximum atomic E-state index is 14.5. The number of ether oxygens (including phenoxy) is 1. The quantitative estimate of drug-likeness (QED) is 0.164. The molecule has 0 saturated carbocycles. The van der Waals surface area contributed by atoms with E-state index in [4.69, 9.17) is 32.9 Å². The molecule has 0 atom stereocenters. The lowest BCUT2D eigenvalue weighted by Crippen LogP contribution is -2.24. The number of thioether (sulfide) groups is 1. The lowest BCUT2D eigenvalue weighted by molar-refractivity contribution is 0.340. The van der Waals surface area contributed by atoms with Crippen molar-refractivity contribution < 1.29 is 9.13 Å². The highest BCUT2D eigenvalue weighted by molar-refractivity contribution is 8.08. The Kier molecular flexibility index (Phi) is 11.9. The summed E-state index contributed by atoms with van der Waals surface area (Å²) in [5.74, 6) is 1.93. The van der Waals surface area contributed by atoms with Crippen LogP contribution in [0.3, 0.4) is 0 Å². The molecule has 7 heteroatoms. The van der Waals surface area contributed by atoms with Gasteiger partial charge in [0.2, 0.25) is 0 Å². The molecule has 0 aromatic heterocycles. The molecule has 0 aliphatic rings. The molecule has 0 N–H and O–H groups in total. The van der Waals surface area contributed by atoms with E-state index in [2.05, 4.69) is 13.5 Å². The molecule has 2 aromatic carbocycles. The molecule has 2 aromatic rings. The Morgan fingerprint density at radius 1 is 1.17 bits per heavy atom. The molecular weight excluding hydrogens is 502 g/mol. The van der Waals surface area contributed by atoms with Gasteiger partial charge in [-0.25, -0.2) is 9.38 Å². The first-order chi connectivity index (χ1) is 16.7. The minimum atomic E-state index is -0.323. The summed E-state index contributed by atoms with van der Waals surface area (Å²) in [6.07, 6.45) is 2.98. The highest BCUT2D eigenvalue weighted by Crippen LogP contribution is 2.32. The number of halogens is 3. The number of hydrogen-bond donors (Lipinski definition) is 0. The molecule has 188 valence electrons. The number of benzene rings is 2. The molecule has 0 fully saturated rings. The molecule has 0 aliphatic heterocycles. The van der Waals surface area contributed by atoms with Gasteiger partial charge in [-0.3, -0.25) is 0 Å². The van der Waals surface area contributed by atoms with Gasteiger partial charge in [-0.15, -0.1) is 11.8 Å². The van der Waals surface area contributed by atoms with E-state index in [1.165, 1.54) is 6.07 Å². The van der Waals surface area contributed by atoms with Gasteiger partial charge in [0.15, 0.2) is 0 Å². The molecule has 0 unspecified atom stereocenters. The van der Waals surface area contributed by atoms with Crippen LogP contribution >= 0.6 is 35.0 Å². The zero-order valence-corrected chi connectivity index (χ0v) is 23.3. The van der Waals surface area contributed by atoms with Gasteiger partial charge in [-0.2, -0.15) is 0 Å². The summed E-state index contributed by atoms with van der Waals surface area (Å²) < 4.78 is 20.1. The molecule has 0 saturated heterocycles. The van der Waals surface area contributed by atoms with Crippen LogP contribution in [0.1, 0.15) is 38.3 Å². The van der Waals surface area contributed by atoms with E-state index < -0.39 is 0 Å². The van der Waals surface area contributed by atoms with Crippen molar-refractivity contribution >= 4 is 45.7 Å². The fourth-order valence-corrected chi connectivity index (χ4v) is 4.69. The summed E-state index contributed by atoms with van der Waals surface area (Å²) >= 11 is 14.1. The highest BCUT2D eigenvalue weighted by atomic mass is 35.5. The average Bonchev–Trinajstić information content (AvgIpc) is 2.81. The summed E-state index contributed by atoms with van der Waals surface area (Å²) in [5, 5.41) is 0.852. The van der Waals surface area contributed by atoms with Crippen molar-refractivity contribution in [2.75, 3.05) is 26.5 Å². The van der Waals surface area contributed by atoms with Crippen LogP contribution in [0.15, 0.2) is 76.4 Å². The van der Waals surface area contributed by atoms with Crippen molar-refractivity contribution in [2.24, 2.45) is 4.99 Å². The predicted molar refractivity (Wildman–Crippen MR) is 152 cm³/mol. The Hall–Kier alpha value is -2.21. The SMILES string of the molecule is C=C(Cl)/C=C(\SCC(=N/C(Cc1c(F)cccc1Cl)=C(\C)CC)N(C)C)c1ccc(OCC)cc1. The first-order valence-electron chi connectivity index (χ1n) is 11.4. The van der Waals surface area contributed by atoms with Crippen LogP contribution in [0.4, 0.5) is 4.39 Å². The van der Waals surface area contributed by atoms with Crippen LogP contribution in [0.2, 0.25) is 5.02 Å². The van der Waals surface area contributed by atoms with Gasteiger partial charge in [0, 0.05) is 46.7 Å². The molecular formula is C28H33Cl2FN2OS. The van der Waals surface area contributed by atoms with E-state index in [9.17, 15) is 4.39 Å². The monoisotopic (exact) mass is 534 g/mol. The third-order valence-electron chi connectivity index (χ3n) is 5.30. The topological polar surface area (TPSA) is 24.8 Å². The Balaban J connectivity index is 2.36. The van der Waals surface area contributed by atoms with Crippen LogP contribution in [-0.4, -0.2) is 37.2 Å². The van der Waals surface area contributed by atoms with Crippen LogP contribution < -0.4 is 4.74 Å². The minimum absolute atomic E-state index is 0.323. The van der Waals surface area contributed by atoms with Crippen molar-refractivity contribution in [2.45, 2.75) is 33.6 Å². The van der Waals surface area contributed by atoms with Gasteiger partial charge < -0.3 is 9.64 Å². The van der Waals surface area contributed by atoms with Crippen molar-refractivity contribution in [3.63, 3.8) is 0 Å². The van der Waals surface area contributed by atoms with Gasteiger partial charge in [-0.1, -0.05) is 60.5 Å². The van der Waals surface area contributed by atoms with E-state index in [-0.39, 0.29) is 5.82 Å². The molecule has 0 radical (unpaired) electrons. The number of hydrogen-bond acceptors (Lipinski definition) is 3. The lowest BCUT2D eigenvalue weighted by Gasteiger charge is -2.19. The molecule has 35 heavy (non-hydrogen) atoms. The van der Waals surface area contributed by atoms with E-state index in [0.717, 1.165) is 39.7 Å². The number of aliphatic imine (C=N–C) groups is 1. The largest absolute Gasteiger partial charge is 0.494 e. The van der Waals surface area contributed by atoms with Gasteiger partial charge in [-0.05, 0) is 56.2 Å². The zero-order valence-electron chi connectivity index (χ0n) is 21.0. The fraction of sp³-hybridized carbons (Fsp3) is 0.321. The maximum absolute atomic E-state index is 14.5. The Morgan fingerprint density at radius 2 is 1.86 bits per heavy atom. The van der Waals surface area contributed by atoms with E-state index in [1.54, 1.807) is 23.9 Å². The first-order valence-corrected chi connectivity index (χ1v) is 13.2. The molecule has 0 spiro atoms. The van der Waals surface area contributed by atoms with Crippen molar-refractivity contribution in [1.82, 2.24) is 4.90 Å². The summed E-state index contributed by atoms with van der Waals surface area (Å²) in [6, 6.07) is 12.6. The molecule has 2 rings (SSSR count). The third kappa shape index (κ3) is 9.06. The Labute approximate surface area is 223 Å². The molecule has 0 heterocycles. The molecule has 0 bridgehead atoms. The van der Waals surface area contributed by atoms with E-state index in [1.807, 2.05) is 63.2 Å². The minimum Gasteiger partial charge on any atom is -0.494 e. The maximum Gasteiger partial charge on any atom is 0.128 e. The molecule has 3 nitrogen and oxygen atoms in total. The normalized spacial score (nSPS) is 12.9. The second-order valence-electron chi connectivity index (χ2n) is 8.08. The smallest absolute Gasteiger partial charge is 0.128 e. The average molecular weight is 536 g/mol. The van der Waals surface area contributed by atoms with Gasteiger partial charge in [0.05, 0.1) is 12.4 Å². The van der Waals surface area contributed by atoms with Crippen molar-refractivity contribution in [3.8, 4) is 5.75 Å². The second-order valence-corrected chi connectivity index (χ2v) is 9.99. The Bertz CT molecular complexity index is 1090. The van der Waals surface area contributed by atoms with Gasteiger partial charge in [0.25, 0.3) is 0 Å². The number of amidine groups is 1. The van der Waals surface area contributed by atoms with Gasteiger partial charge >= 0.3 is 0 Å². The summed E-state index contributed by atoms with van der Waals surface area (Å²) in [4.78, 5) is 7.93. The van der Waals surface area contributed by atoms with Gasteiger partial charge in [0.1, 0.15) is 17.4 Å². The highest BCUT2D eigenvalue weighted by Gasteiger charge is 2.14. The standard InChI is InChI=1S/C28H33Cl2FN2OS/c1-7-19(3)26(17-23-24(30)10-9-11-25(23)31)32-28(33(5)6)18-35-27(16-20(4)29)21-12-14-22(15-13-21)34-8-2/h9-16H,4,7-8,17-18H2,1-3,5-6H3/b26-19+,27-16-,32-28?. The van der Waals surface area contributed by atoms with Crippen LogP contribution in [-0.2, 0) is 6.42 Å². The van der Waals surface area contributed by atoms with Crippen LogP contribution in [0.25, 0.3) is 4.91 Å². The van der Waals surface area contributed by atoms with Crippen LogP contribution in [0, 0.1) is 5.82 Å². The van der Waals surface area contributed by atoms with Crippen molar-refractivity contribution in [1.29, 1.82) is 0 Å². The van der Waals surface area contributed by atoms with E-state index >= 15 is 0 Å². The number of nitrogens with zero attached hydrogens (tertiary/aromatic N) is 2. The Morgan fingerprint density at radius 3 is 2.40 bits per heavy atom. The summed E-state index contributed by atoms with van der Waals surface area (Å²) in [6.45, 7) is 10.5. The number of rotatable bonds is 11. The molecule has 0 aliphatic carbocycles.